The van der Waals surface area contributed by atoms with Crippen LogP contribution >= 0.6 is 0 Å². The molecule has 1 aliphatic heterocycles. The highest BCUT2D eigenvalue weighted by Crippen LogP contribution is 2.49. The van der Waals surface area contributed by atoms with E-state index < -0.39 is 6.04 Å². The summed E-state index contributed by atoms with van der Waals surface area (Å²) in [6.07, 6.45) is 4.15. The average molecular weight is 280 g/mol. The van der Waals surface area contributed by atoms with E-state index in [0.717, 1.165) is 13.0 Å². The smallest absolute Gasteiger partial charge is 0.246 e. The molecule has 2 unspecified atom stereocenters. The normalized spacial score (nSPS) is 29.4. The van der Waals surface area contributed by atoms with Gasteiger partial charge in [0.25, 0.3) is 0 Å². The summed E-state index contributed by atoms with van der Waals surface area (Å²) in [5.74, 6) is 0.114. The molecule has 2 aliphatic rings. The third kappa shape index (κ3) is 2.70. The molecule has 1 N–H and O–H groups in total. The molecule has 1 saturated carbocycles. The van der Waals surface area contributed by atoms with E-state index in [2.05, 4.69) is 12.2 Å². The third-order valence-electron chi connectivity index (χ3n) is 4.96. The molecule has 2 amide bonds. The Morgan fingerprint density at radius 3 is 2.25 bits per heavy atom. The van der Waals surface area contributed by atoms with Crippen LogP contribution in [0.15, 0.2) is 0 Å². The summed E-state index contributed by atoms with van der Waals surface area (Å²) < 4.78 is 0. The zero-order valence-corrected chi connectivity index (χ0v) is 13.5. The molecule has 20 heavy (non-hydrogen) atoms. The van der Waals surface area contributed by atoms with Gasteiger partial charge in [-0.3, -0.25) is 9.59 Å². The van der Waals surface area contributed by atoms with Crippen LogP contribution in [-0.4, -0.2) is 35.3 Å². The second-order valence-corrected chi connectivity index (χ2v) is 7.55. The third-order valence-corrected chi connectivity index (χ3v) is 4.96. The molecular weight excluding hydrogens is 252 g/mol. The first kappa shape index (κ1) is 15.3. The van der Waals surface area contributed by atoms with E-state index >= 15 is 0 Å². The first-order valence-corrected chi connectivity index (χ1v) is 7.85. The fourth-order valence-corrected chi connectivity index (χ4v) is 3.10. The minimum absolute atomic E-state index is 0.0129. The summed E-state index contributed by atoms with van der Waals surface area (Å²) in [4.78, 5) is 27.0. The highest BCUT2D eigenvalue weighted by molar-refractivity contribution is 5.97. The lowest BCUT2D eigenvalue weighted by molar-refractivity contribution is -0.153. The maximum Gasteiger partial charge on any atom is 0.246 e. The topological polar surface area (TPSA) is 49.4 Å². The molecule has 0 bridgehead atoms. The minimum Gasteiger partial charge on any atom is -0.342 e. The van der Waals surface area contributed by atoms with Crippen LogP contribution in [0.4, 0.5) is 0 Å². The van der Waals surface area contributed by atoms with Crippen molar-refractivity contribution in [3.63, 3.8) is 0 Å². The van der Waals surface area contributed by atoms with Gasteiger partial charge < -0.3 is 10.2 Å². The van der Waals surface area contributed by atoms with E-state index in [0.29, 0.717) is 6.42 Å². The van der Waals surface area contributed by atoms with Crippen molar-refractivity contribution < 1.29 is 9.59 Å². The Hall–Kier alpha value is -1.06. The van der Waals surface area contributed by atoms with Crippen LogP contribution in [-0.2, 0) is 9.59 Å². The molecule has 4 heteroatoms. The number of carbonyl (C=O) groups excluding carboxylic acids is 2. The highest BCUT2D eigenvalue weighted by Gasteiger charge is 2.50. The molecule has 1 heterocycles. The molecule has 0 aromatic rings. The van der Waals surface area contributed by atoms with Gasteiger partial charge in [-0.25, -0.2) is 0 Å². The molecular formula is C16H28N2O2. The van der Waals surface area contributed by atoms with Crippen LogP contribution in [0, 0.1) is 10.8 Å². The molecule has 2 fully saturated rings. The lowest BCUT2D eigenvalue weighted by atomic mass is 9.83. The monoisotopic (exact) mass is 280 g/mol. The summed E-state index contributed by atoms with van der Waals surface area (Å²) in [6.45, 7) is 10.9. The number of rotatable bonds is 4. The Morgan fingerprint density at radius 1 is 1.25 bits per heavy atom. The number of piperazine rings is 1. The van der Waals surface area contributed by atoms with Gasteiger partial charge in [0.2, 0.25) is 11.8 Å². The Bertz CT molecular complexity index is 407. The van der Waals surface area contributed by atoms with E-state index in [1.165, 1.54) is 12.8 Å². The number of nitrogens with one attached hydrogen (secondary N) is 1. The maximum atomic E-state index is 12.8. The SMILES string of the molecule is CCC1C(=O)NC(C(C)(C)C)C(=O)N1CC1(CC)CC1. The summed E-state index contributed by atoms with van der Waals surface area (Å²) in [5, 5.41) is 2.93. The van der Waals surface area contributed by atoms with Crippen molar-refractivity contribution in [1.29, 1.82) is 0 Å². The van der Waals surface area contributed by atoms with Crippen LogP contribution in [0.25, 0.3) is 0 Å². The molecule has 1 saturated heterocycles. The Balaban J connectivity index is 2.23. The van der Waals surface area contributed by atoms with Crippen molar-refractivity contribution in [1.82, 2.24) is 10.2 Å². The van der Waals surface area contributed by atoms with Gasteiger partial charge in [0.15, 0.2) is 0 Å². The van der Waals surface area contributed by atoms with Gasteiger partial charge >= 0.3 is 0 Å². The zero-order valence-electron chi connectivity index (χ0n) is 13.5. The molecule has 0 aromatic carbocycles. The first-order chi connectivity index (χ1) is 9.24. The molecule has 2 atom stereocenters. The van der Waals surface area contributed by atoms with Crippen molar-refractivity contribution in [2.75, 3.05) is 6.54 Å². The lowest BCUT2D eigenvalue weighted by Crippen LogP contribution is -2.67. The Morgan fingerprint density at radius 2 is 1.85 bits per heavy atom. The van der Waals surface area contributed by atoms with Gasteiger partial charge in [-0.15, -0.1) is 0 Å². The molecule has 114 valence electrons. The van der Waals surface area contributed by atoms with Crippen LogP contribution in [0.1, 0.15) is 60.3 Å². The van der Waals surface area contributed by atoms with E-state index in [-0.39, 0.29) is 28.7 Å². The van der Waals surface area contributed by atoms with Gasteiger partial charge in [0, 0.05) is 6.54 Å². The fourth-order valence-electron chi connectivity index (χ4n) is 3.10. The molecule has 0 spiro atoms. The number of nitrogens with zero attached hydrogens (tertiary/aromatic N) is 1. The molecule has 2 rings (SSSR count). The summed E-state index contributed by atoms with van der Waals surface area (Å²) in [5.41, 5.74) is 0.0375. The van der Waals surface area contributed by atoms with E-state index in [4.69, 9.17) is 0 Å². The molecule has 4 nitrogen and oxygen atoms in total. The van der Waals surface area contributed by atoms with Gasteiger partial charge in [-0.2, -0.15) is 0 Å². The maximum absolute atomic E-state index is 12.8. The van der Waals surface area contributed by atoms with Gasteiger partial charge in [0.05, 0.1) is 0 Å². The Labute approximate surface area is 122 Å². The Kier molecular flexibility index (Phi) is 3.87. The van der Waals surface area contributed by atoms with E-state index in [1.54, 1.807) is 0 Å². The first-order valence-electron chi connectivity index (χ1n) is 7.85. The second-order valence-electron chi connectivity index (χ2n) is 7.55. The minimum atomic E-state index is -0.398. The number of carbonyl (C=O) groups is 2. The number of hydrogen-bond donors (Lipinski definition) is 1. The van der Waals surface area contributed by atoms with Gasteiger partial charge in [-0.1, -0.05) is 34.6 Å². The molecule has 1 aliphatic carbocycles. The highest BCUT2D eigenvalue weighted by atomic mass is 16.2. The largest absolute Gasteiger partial charge is 0.342 e. The standard InChI is InChI=1S/C16H28N2O2/c1-6-11-13(19)17-12(15(3,4)5)14(20)18(11)10-16(7-2)8-9-16/h11-12H,6-10H2,1-5H3,(H,17,19). The van der Waals surface area contributed by atoms with Gasteiger partial charge in [0.1, 0.15) is 12.1 Å². The summed E-state index contributed by atoms with van der Waals surface area (Å²) in [6, 6.07) is -0.685. The fraction of sp³-hybridized carbons (Fsp3) is 0.875. The van der Waals surface area contributed by atoms with Gasteiger partial charge in [-0.05, 0) is 36.5 Å². The van der Waals surface area contributed by atoms with Crippen molar-refractivity contribution in [2.24, 2.45) is 10.8 Å². The van der Waals surface area contributed by atoms with Crippen molar-refractivity contribution in [3.05, 3.63) is 0 Å². The van der Waals surface area contributed by atoms with Crippen LogP contribution in [0.2, 0.25) is 0 Å². The summed E-state index contributed by atoms with van der Waals surface area (Å²) >= 11 is 0. The quantitative estimate of drug-likeness (QED) is 0.859. The lowest BCUT2D eigenvalue weighted by Gasteiger charge is -2.44. The van der Waals surface area contributed by atoms with Crippen LogP contribution < -0.4 is 5.32 Å². The van der Waals surface area contributed by atoms with E-state index in [1.807, 2.05) is 32.6 Å². The summed E-state index contributed by atoms with van der Waals surface area (Å²) in [7, 11) is 0. The molecule has 0 radical (unpaired) electrons. The van der Waals surface area contributed by atoms with Crippen LogP contribution in [0.5, 0.6) is 0 Å². The van der Waals surface area contributed by atoms with E-state index in [9.17, 15) is 9.59 Å². The average Bonchev–Trinajstić information content (AvgIpc) is 3.13. The molecule has 0 aromatic heterocycles. The van der Waals surface area contributed by atoms with Crippen molar-refractivity contribution in [3.8, 4) is 0 Å². The van der Waals surface area contributed by atoms with Crippen molar-refractivity contribution >= 4 is 11.8 Å². The predicted octanol–water partition coefficient (Wildman–Crippen LogP) is 2.33. The number of hydrogen-bond acceptors (Lipinski definition) is 2. The number of amides is 2. The predicted molar refractivity (Wildman–Crippen MR) is 79.1 cm³/mol. The second kappa shape index (κ2) is 5.05. The zero-order chi connectivity index (χ0) is 15.1. The van der Waals surface area contributed by atoms with Crippen LogP contribution in [0.3, 0.4) is 0 Å². The van der Waals surface area contributed by atoms with Crippen molar-refractivity contribution in [2.45, 2.75) is 72.4 Å².